The minimum atomic E-state index is -0.520. The van der Waals surface area contributed by atoms with Gasteiger partial charge in [0.25, 0.3) is 0 Å². The van der Waals surface area contributed by atoms with Crippen LogP contribution >= 0.6 is 0 Å². The third-order valence-corrected chi connectivity index (χ3v) is 4.02. The molecule has 7 heteroatoms. The lowest BCUT2D eigenvalue weighted by Crippen LogP contribution is -2.41. The number of benzene rings is 1. The summed E-state index contributed by atoms with van der Waals surface area (Å²) in [5.41, 5.74) is 1.17. The molecule has 0 aliphatic carbocycles. The van der Waals surface area contributed by atoms with Crippen LogP contribution in [0.25, 0.3) is 0 Å². The zero-order chi connectivity index (χ0) is 22.2. The van der Waals surface area contributed by atoms with Gasteiger partial charge in [-0.05, 0) is 58.5 Å². The molecule has 1 aromatic carbocycles. The Morgan fingerprint density at radius 1 is 1.03 bits per heavy atom. The van der Waals surface area contributed by atoms with Gasteiger partial charge in [-0.2, -0.15) is 0 Å². The molecule has 1 aromatic rings. The van der Waals surface area contributed by atoms with Gasteiger partial charge in [0.1, 0.15) is 5.60 Å². The van der Waals surface area contributed by atoms with Gasteiger partial charge in [-0.1, -0.05) is 26.0 Å². The lowest BCUT2D eigenvalue weighted by molar-refractivity contribution is 0.0285. The maximum atomic E-state index is 12.7. The molecule has 0 heterocycles. The van der Waals surface area contributed by atoms with Crippen molar-refractivity contribution in [3.8, 4) is 0 Å². The minimum Gasteiger partial charge on any atom is -0.444 e. The normalized spacial score (nSPS) is 11.5. The molecule has 0 aliphatic heterocycles. The zero-order valence-electron chi connectivity index (χ0n) is 19.3. The highest BCUT2D eigenvalue weighted by molar-refractivity contribution is 5.89. The first-order valence-corrected chi connectivity index (χ1v) is 10.1. The summed E-state index contributed by atoms with van der Waals surface area (Å²) in [5, 5.41) is 2.97. The van der Waals surface area contributed by atoms with Crippen molar-refractivity contribution >= 4 is 17.8 Å². The van der Waals surface area contributed by atoms with Crippen molar-refractivity contribution in [3.63, 3.8) is 0 Å². The number of carbonyl (C=O) groups excluding carboxylic acids is 2. The van der Waals surface area contributed by atoms with E-state index < -0.39 is 5.60 Å². The zero-order valence-corrected chi connectivity index (χ0v) is 19.3. The number of nitrogens with one attached hydrogen (secondary N) is 1. The topological polar surface area (TPSA) is 65.1 Å². The Labute approximate surface area is 176 Å². The summed E-state index contributed by atoms with van der Waals surface area (Å²) in [6.07, 6.45) is -0.361. The van der Waals surface area contributed by atoms with Crippen molar-refractivity contribution in [2.45, 2.75) is 46.8 Å². The Morgan fingerprint density at radius 3 is 2.10 bits per heavy atom. The van der Waals surface area contributed by atoms with E-state index in [-0.39, 0.29) is 12.1 Å². The van der Waals surface area contributed by atoms with E-state index in [2.05, 4.69) is 24.1 Å². The first-order valence-electron chi connectivity index (χ1n) is 10.1. The first-order chi connectivity index (χ1) is 13.4. The summed E-state index contributed by atoms with van der Waals surface area (Å²) < 4.78 is 5.37. The molecule has 1 N–H and O–H groups in total. The van der Waals surface area contributed by atoms with Gasteiger partial charge in [-0.3, -0.25) is 0 Å². The molecule has 7 nitrogen and oxygen atoms in total. The molecule has 0 unspecified atom stereocenters. The number of urea groups is 1. The molecule has 0 spiro atoms. The first kappa shape index (κ1) is 24.8. The summed E-state index contributed by atoms with van der Waals surface area (Å²) in [5.74, 6) is 0.397. The van der Waals surface area contributed by atoms with E-state index in [0.29, 0.717) is 25.6 Å². The van der Waals surface area contributed by atoms with Crippen molar-refractivity contribution in [1.82, 2.24) is 14.7 Å². The number of anilines is 1. The summed E-state index contributed by atoms with van der Waals surface area (Å²) in [6.45, 7) is 12.4. The van der Waals surface area contributed by atoms with Gasteiger partial charge >= 0.3 is 12.1 Å². The molecular weight excluding hydrogens is 368 g/mol. The van der Waals surface area contributed by atoms with Gasteiger partial charge in [0.05, 0.1) is 0 Å². The highest BCUT2D eigenvalue weighted by atomic mass is 16.6. The van der Waals surface area contributed by atoms with Gasteiger partial charge in [-0.25, -0.2) is 9.59 Å². The third-order valence-electron chi connectivity index (χ3n) is 4.02. The standard InChI is InChI=1S/C22H38N4O3/c1-17(2)15-26(14-13-24(6)7)20(27)23-19-11-9-18(10-12-19)16-25(8)21(28)29-22(3,4)5/h9-12,17H,13-16H2,1-8H3,(H,23,27). The number of ether oxygens (including phenoxy) is 1. The molecule has 29 heavy (non-hydrogen) atoms. The number of carbonyl (C=O) groups is 2. The number of amides is 3. The molecule has 164 valence electrons. The van der Waals surface area contributed by atoms with E-state index >= 15 is 0 Å². The number of rotatable bonds is 8. The second kappa shape index (κ2) is 11.0. The molecule has 0 saturated carbocycles. The Kier molecular flexibility index (Phi) is 9.43. The Morgan fingerprint density at radius 2 is 1.62 bits per heavy atom. The molecule has 1 rings (SSSR count). The molecule has 0 aliphatic rings. The van der Waals surface area contributed by atoms with Crippen molar-refractivity contribution in [2.24, 2.45) is 5.92 Å². The smallest absolute Gasteiger partial charge is 0.410 e. The van der Waals surface area contributed by atoms with E-state index in [0.717, 1.165) is 17.8 Å². The lowest BCUT2D eigenvalue weighted by Gasteiger charge is -2.26. The minimum absolute atomic E-state index is 0.0980. The maximum Gasteiger partial charge on any atom is 0.410 e. The SMILES string of the molecule is CC(C)CN(CCN(C)C)C(=O)Nc1ccc(CN(C)C(=O)OC(C)(C)C)cc1. The summed E-state index contributed by atoms with van der Waals surface area (Å²) in [4.78, 5) is 30.2. The summed E-state index contributed by atoms with van der Waals surface area (Å²) in [7, 11) is 5.70. The average Bonchev–Trinajstić information content (AvgIpc) is 2.58. The van der Waals surface area contributed by atoms with E-state index in [1.807, 2.05) is 64.0 Å². The number of hydrogen-bond acceptors (Lipinski definition) is 4. The van der Waals surface area contributed by atoms with Crippen LogP contribution in [0.2, 0.25) is 0 Å². The molecule has 0 radical (unpaired) electrons. The van der Waals surface area contributed by atoms with Gasteiger partial charge in [-0.15, -0.1) is 0 Å². The maximum absolute atomic E-state index is 12.7. The highest BCUT2D eigenvalue weighted by Gasteiger charge is 2.20. The molecule has 0 aromatic heterocycles. The van der Waals surface area contributed by atoms with Gasteiger partial charge in [0, 0.05) is 38.9 Å². The van der Waals surface area contributed by atoms with Crippen LogP contribution in [0, 0.1) is 5.92 Å². The van der Waals surface area contributed by atoms with Crippen LogP contribution in [0.15, 0.2) is 24.3 Å². The molecule has 3 amide bonds. The number of likely N-dealkylation sites (N-methyl/N-ethyl adjacent to an activating group) is 1. The fourth-order valence-electron chi connectivity index (χ4n) is 2.61. The monoisotopic (exact) mass is 406 g/mol. The van der Waals surface area contributed by atoms with E-state index in [4.69, 9.17) is 4.74 Å². The Bertz CT molecular complexity index is 651. The predicted octanol–water partition coefficient (Wildman–Crippen LogP) is 4.11. The van der Waals surface area contributed by atoms with Crippen LogP contribution in [0.5, 0.6) is 0 Å². The highest BCUT2D eigenvalue weighted by Crippen LogP contribution is 2.14. The lowest BCUT2D eigenvalue weighted by atomic mass is 10.2. The van der Waals surface area contributed by atoms with Gasteiger partial charge in [0.2, 0.25) is 0 Å². The van der Waals surface area contributed by atoms with Crippen molar-refractivity contribution < 1.29 is 14.3 Å². The number of hydrogen-bond donors (Lipinski definition) is 1. The van der Waals surface area contributed by atoms with Crippen LogP contribution in [-0.2, 0) is 11.3 Å². The average molecular weight is 407 g/mol. The fraction of sp³-hybridized carbons (Fsp3) is 0.636. The quantitative estimate of drug-likeness (QED) is 0.706. The van der Waals surface area contributed by atoms with Crippen LogP contribution in [0.4, 0.5) is 15.3 Å². The van der Waals surface area contributed by atoms with E-state index in [9.17, 15) is 9.59 Å². The molecule has 0 saturated heterocycles. The van der Waals surface area contributed by atoms with Crippen LogP contribution in [-0.4, -0.2) is 73.2 Å². The fourth-order valence-corrected chi connectivity index (χ4v) is 2.61. The van der Waals surface area contributed by atoms with Crippen LogP contribution < -0.4 is 5.32 Å². The van der Waals surface area contributed by atoms with Crippen LogP contribution in [0.1, 0.15) is 40.2 Å². The molecule has 0 atom stereocenters. The molecular formula is C22H38N4O3. The molecule has 0 bridgehead atoms. The second-order valence-corrected chi connectivity index (χ2v) is 9.11. The second-order valence-electron chi connectivity index (χ2n) is 9.11. The van der Waals surface area contributed by atoms with E-state index in [1.54, 1.807) is 7.05 Å². The van der Waals surface area contributed by atoms with Gasteiger partial charge < -0.3 is 24.8 Å². The van der Waals surface area contributed by atoms with Crippen molar-refractivity contribution in [1.29, 1.82) is 0 Å². The Hall–Kier alpha value is -2.28. The Balaban J connectivity index is 2.67. The largest absolute Gasteiger partial charge is 0.444 e. The van der Waals surface area contributed by atoms with Crippen LogP contribution in [0.3, 0.4) is 0 Å². The van der Waals surface area contributed by atoms with E-state index in [1.165, 1.54) is 4.90 Å². The van der Waals surface area contributed by atoms with Gasteiger partial charge in [0.15, 0.2) is 0 Å². The summed E-state index contributed by atoms with van der Waals surface area (Å²) >= 11 is 0. The summed E-state index contributed by atoms with van der Waals surface area (Å²) in [6, 6.07) is 7.43. The third kappa shape index (κ3) is 10.2. The van der Waals surface area contributed by atoms with Crippen molar-refractivity contribution in [3.05, 3.63) is 29.8 Å². The van der Waals surface area contributed by atoms with Crippen molar-refractivity contribution in [2.75, 3.05) is 46.1 Å². The molecule has 0 fully saturated rings. The number of nitrogens with zero attached hydrogens (tertiary/aromatic N) is 3. The predicted molar refractivity (Wildman–Crippen MR) is 118 cm³/mol.